The van der Waals surface area contributed by atoms with E-state index < -0.39 is 10.0 Å². The van der Waals surface area contributed by atoms with Crippen LogP contribution in [0, 0.1) is 0 Å². The molecule has 0 spiro atoms. The van der Waals surface area contributed by atoms with Gasteiger partial charge in [0.1, 0.15) is 12.3 Å². The number of furan rings is 1. The van der Waals surface area contributed by atoms with Gasteiger partial charge < -0.3 is 10.2 Å². The van der Waals surface area contributed by atoms with Crippen molar-refractivity contribution in [3.05, 3.63) is 53.4 Å². The number of sulfonamides is 1. The number of benzene rings is 1. The van der Waals surface area contributed by atoms with Crippen molar-refractivity contribution < 1.29 is 12.8 Å². The van der Waals surface area contributed by atoms with E-state index in [-0.39, 0.29) is 17.4 Å². The Morgan fingerprint density at radius 1 is 1.30 bits per heavy atom. The fourth-order valence-electron chi connectivity index (χ4n) is 1.41. The molecule has 0 bridgehead atoms. The van der Waals surface area contributed by atoms with Gasteiger partial charge in [0, 0.05) is 5.02 Å². The summed E-state index contributed by atoms with van der Waals surface area (Å²) in [6.07, 6.45) is 1.50. The number of nitrogens with two attached hydrogens (primary N) is 1. The molecule has 3 N–H and O–H groups in total. The third-order valence-corrected chi connectivity index (χ3v) is 3.97. The van der Waals surface area contributed by atoms with Gasteiger partial charge in [0.15, 0.2) is 0 Å². The first-order valence-corrected chi connectivity index (χ1v) is 7.44. The van der Waals surface area contributed by atoms with E-state index in [9.17, 15) is 8.42 Å². The summed E-state index contributed by atoms with van der Waals surface area (Å²) in [5, 5.41) is 0.448. The molecular formula is C12H12ClN3O3S. The van der Waals surface area contributed by atoms with E-state index in [0.717, 1.165) is 0 Å². The molecule has 0 aliphatic rings. The van der Waals surface area contributed by atoms with Crippen LogP contribution in [-0.2, 0) is 16.6 Å². The number of hydrogen-bond acceptors (Lipinski definition) is 4. The largest absolute Gasteiger partial charge is 0.467 e. The molecular weight excluding hydrogens is 302 g/mol. The van der Waals surface area contributed by atoms with Crippen LogP contribution < -0.4 is 10.5 Å². The quantitative estimate of drug-likeness (QED) is 0.663. The van der Waals surface area contributed by atoms with Crippen molar-refractivity contribution in [1.82, 2.24) is 4.72 Å². The molecule has 0 unspecified atom stereocenters. The van der Waals surface area contributed by atoms with Gasteiger partial charge in [0.25, 0.3) is 10.0 Å². The summed E-state index contributed by atoms with van der Waals surface area (Å²) in [6.45, 7) is 0.155. The van der Waals surface area contributed by atoms with E-state index in [4.69, 9.17) is 21.8 Å². The zero-order valence-corrected chi connectivity index (χ0v) is 11.9. The van der Waals surface area contributed by atoms with Crippen LogP contribution in [0.1, 0.15) is 5.76 Å². The van der Waals surface area contributed by atoms with Gasteiger partial charge >= 0.3 is 0 Å². The number of hydrogen-bond donors (Lipinski definition) is 2. The highest BCUT2D eigenvalue weighted by Gasteiger charge is 2.14. The predicted octanol–water partition coefficient (Wildman–Crippen LogP) is 1.73. The van der Waals surface area contributed by atoms with Crippen molar-refractivity contribution >= 4 is 27.6 Å². The van der Waals surface area contributed by atoms with Gasteiger partial charge in [-0.1, -0.05) is 11.6 Å². The number of nitrogens with zero attached hydrogens (tertiary/aromatic N) is 1. The Kier molecular flexibility index (Phi) is 4.31. The Labute approximate surface area is 121 Å². The van der Waals surface area contributed by atoms with Crippen molar-refractivity contribution in [2.75, 3.05) is 0 Å². The first-order chi connectivity index (χ1) is 9.47. The number of nitrogens with one attached hydrogen (secondary N) is 1. The second-order valence-electron chi connectivity index (χ2n) is 3.84. The highest BCUT2D eigenvalue weighted by Crippen LogP contribution is 2.13. The predicted molar refractivity (Wildman–Crippen MR) is 75.8 cm³/mol. The third-order valence-electron chi connectivity index (χ3n) is 2.35. The minimum absolute atomic E-state index is 0.0537. The summed E-state index contributed by atoms with van der Waals surface area (Å²) in [6, 6.07) is 9.14. The molecule has 6 nitrogen and oxygen atoms in total. The normalized spacial score (nSPS) is 12.3. The Morgan fingerprint density at radius 3 is 2.60 bits per heavy atom. The Hall–Kier alpha value is -1.99. The smallest absolute Gasteiger partial charge is 0.264 e. The maximum absolute atomic E-state index is 12.0. The molecule has 20 heavy (non-hydrogen) atoms. The molecule has 0 aliphatic heterocycles. The number of guanidine groups is 1. The average Bonchev–Trinajstić information content (AvgIpc) is 2.89. The molecule has 0 aliphatic carbocycles. The lowest BCUT2D eigenvalue weighted by atomic mass is 10.4. The molecule has 8 heteroatoms. The summed E-state index contributed by atoms with van der Waals surface area (Å²) >= 11 is 5.70. The molecule has 1 heterocycles. The zero-order chi connectivity index (χ0) is 14.6. The monoisotopic (exact) mass is 313 g/mol. The first-order valence-electron chi connectivity index (χ1n) is 5.58. The van der Waals surface area contributed by atoms with Crippen LogP contribution in [-0.4, -0.2) is 14.4 Å². The maximum atomic E-state index is 12.0. The fraction of sp³-hybridized carbons (Fsp3) is 0.0833. The second-order valence-corrected chi connectivity index (χ2v) is 5.96. The minimum atomic E-state index is -3.76. The summed E-state index contributed by atoms with van der Waals surface area (Å²) in [5.74, 6) is 0.370. The van der Waals surface area contributed by atoms with E-state index in [1.807, 2.05) is 0 Å². The molecule has 0 radical (unpaired) electrons. The van der Waals surface area contributed by atoms with Gasteiger partial charge in [-0.3, -0.25) is 0 Å². The Morgan fingerprint density at radius 2 is 2.00 bits per heavy atom. The lowest BCUT2D eigenvalue weighted by molar-refractivity contribution is 0.512. The molecule has 0 saturated carbocycles. The molecule has 0 fully saturated rings. The number of aliphatic imine (C=N–C) groups is 1. The van der Waals surface area contributed by atoms with Crippen molar-refractivity contribution in [2.45, 2.75) is 11.4 Å². The molecule has 2 aromatic rings. The van der Waals surface area contributed by atoms with Crippen LogP contribution in [0.3, 0.4) is 0 Å². The first kappa shape index (κ1) is 14.4. The third kappa shape index (κ3) is 3.75. The minimum Gasteiger partial charge on any atom is -0.467 e. The van der Waals surface area contributed by atoms with Crippen molar-refractivity contribution in [1.29, 1.82) is 0 Å². The van der Waals surface area contributed by atoms with Crippen molar-refractivity contribution in [3.63, 3.8) is 0 Å². The number of rotatable bonds is 4. The van der Waals surface area contributed by atoms with Gasteiger partial charge in [-0.15, -0.1) is 0 Å². The summed E-state index contributed by atoms with van der Waals surface area (Å²) in [4.78, 5) is 3.93. The van der Waals surface area contributed by atoms with Gasteiger partial charge in [0.05, 0.1) is 11.2 Å². The summed E-state index contributed by atoms with van der Waals surface area (Å²) < 4.78 is 31.2. The molecule has 106 valence electrons. The van der Waals surface area contributed by atoms with Crippen molar-refractivity contribution in [2.24, 2.45) is 10.7 Å². The lowest BCUT2D eigenvalue weighted by Crippen LogP contribution is -2.36. The molecule has 2 rings (SSSR count). The fourth-order valence-corrected chi connectivity index (χ4v) is 2.49. The van der Waals surface area contributed by atoms with Gasteiger partial charge in [-0.2, -0.15) is 0 Å². The van der Waals surface area contributed by atoms with Gasteiger partial charge in [-0.05, 0) is 36.4 Å². The Balaban J connectivity index is 2.07. The van der Waals surface area contributed by atoms with Crippen LogP contribution in [0.25, 0.3) is 0 Å². The van der Waals surface area contributed by atoms with Crippen molar-refractivity contribution in [3.8, 4) is 0 Å². The molecule has 1 aromatic heterocycles. The molecule has 0 saturated heterocycles. The highest BCUT2D eigenvalue weighted by atomic mass is 35.5. The lowest BCUT2D eigenvalue weighted by Gasteiger charge is -2.07. The van der Waals surface area contributed by atoms with Crippen LogP contribution in [0.5, 0.6) is 0 Å². The van der Waals surface area contributed by atoms with E-state index in [0.29, 0.717) is 10.8 Å². The standard InChI is InChI=1S/C12H12ClN3O3S/c13-9-3-5-11(6-4-9)20(17,18)16-12(14)15-8-10-2-1-7-19-10/h1-7H,8H2,(H3,14,15,16). The van der Waals surface area contributed by atoms with Crippen LogP contribution in [0.15, 0.2) is 57.0 Å². The molecule has 0 atom stereocenters. The van der Waals surface area contributed by atoms with E-state index in [1.165, 1.54) is 30.5 Å². The van der Waals surface area contributed by atoms with Crippen LogP contribution >= 0.6 is 11.6 Å². The second kappa shape index (κ2) is 5.98. The average molecular weight is 314 g/mol. The highest BCUT2D eigenvalue weighted by molar-refractivity contribution is 7.90. The number of halogens is 1. The van der Waals surface area contributed by atoms with E-state index in [1.54, 1.807) is 12.1 Å². The topological polar surface area (TPSA) is 97.7 Å². The maximum Gasteiger partial charge on any atom is 0.264 e. The Bertz CT molecular complexity index is 694. The molecule has 0 amide bonds. The SMILES string of the molecule is NC(=NCc1ccco1)NS(=O)(=O)c1ccc(Cl)cc1. The zero-order valence-electron chi connectivity index (χ0n) is 10.3. The van der Waals surface area contributed by atoms with Gasteiger partial charge in [-0.25, -0.2) is 18.1 Å². The van der Waals surface area contributed by atoms with Gasteiger partial charge in [0.2, 0.25) is 5.96 Å². The molecule has 1 aromatic carbocycles. The summed E-state index contributed by atoms with van der Waals surface area (Å²) in [5.41, 5.74) is 5.54. The van der Waals surface area contributed by atoms with Crippen LogP contribution in [0.4, 0.5) is 0 Å². The summed E-state index contributed by atoms with van der Waals surface area (Å²) in [7, 11) is -3.76. The van der Waals surface area contributed by atoms with E-state index in [2.05, 4.69) is 9.71 Å². The van der Waals surface area contributed by atoms with E-state index >= 15 is 0 Å². The van der Waals surface area contributed by atoms with Crippen LogP contribution in [0.2, 0.25) is 5.02 Å².